The standard InChI is InChI=1S/C31H37BrClN3O7S/c1-6-7-15-34-31(38)21(2)35(19-22-9-8-10-23(32)16-22)30(37)20-36(26-17-24(33)11-13-27(26)41-3)44(39,40)25-12-14-28(42-4)29(18-25)43-5/h8-14,16-18,21H,6-7,15,19-20H2,1-5H3,(H,34,38). The Morgan fingerprint density at radius 2 is 1.64 bits per heavy atom. The first-order chi connectivity index (χ1) is 21.0. The maximum Gasteiger partial charge on any atom is 0.265 e. The highest BCUT2D eigenvalue weighted by atomic mass is 79.9. The third kappa shape index (κ3) is 8.58. The van der Waals surface area contributed by atoms with Crippen LogP contribution in [0.3, 0.4) is 0 Å². The van der Waals surface area contributed by atoms with E-state index in [2.05, 4.69) is 21.2 Å². The molecule has 13 heteroatoms. The van der Waals surface area contributed by atoms with Gasteiger partial charge < -0.3 is 24.4 Å². The predicted molar refractivity (Wildman–Crippen MR) is 174 cm³/mol. The van der Waals surface area contributed by atoms with Gasteiger partial charge in [0.25, 0.3) is 10.0 Å². The number of carbonyl (C=O) groups is 2. The van der Waals surface area contributed by atoms with Crippen LogP contribution in [0, 0.1) is 0 Å². The van der Waals surface area contributed by atoms with Crippen LogP contribution in [-0.4, -0.2) is 65.6 Å². The Labute approximate surface area is 272 Å². The minimum absolute atomic E-state index is 0.0468. The predicted octanol–water partition coefficient (Wildman–Crippen LogP) is 5.66. The Kier molecular flexibility index (Phi) is 12.7. The highest BCUT2D eigenvalue weighted by molar-refractivity contribution is 9.10. The molecule has 3 rings (SSSR count). The van der Waals surface area contributed by atoms with Crippen molar-refractivity contribution in [3.05, 3.63) is 75.7 Å². The molecule has 44 heavy (non-hydrogen) atoms. The van der Waals surface area contributed by atoms with Gasteiger partial charge in [-0.25, -0.2) is 8.42 Å². The summed E-state index contributed by atoms with van der Waals surface area (Å²) in [5.41, 5.74) is 0.793. The molecule has 0 saturated carbocycles. The van der Waals surface area contributed by atoms with E-state index in [1.807, 2.05) is 31.2 Å². The smallest absolute Gasteiger partial charge is 0.265 e. The van der Waals surface area contributed by atoms with Crippen LogP contribution < -0.4 is 23.8 Å². The number of hydrogen-bond acceptors (Lipinski definition) is 7. The molecule has 0 bridgehead atoms. The Morgan fingerprint density at radius 3 is 2.27 bits per heavy atom. The van der Waals surface area contributed by atoms with E-state index in [0.717, 1.165) is 27.2 Å². The molecule has 1 unspecified atom stereocenters. The SMILES string of the molecule is CCCCNC(=O)C(C)N(Cc1cccc(Br)c1)C(=O)CN(c1cc(Cl)ccc1OC)S(=O)(=O)c1ccc(OC)c(OC)c1. The van der Waals surface area contributed by atoms with Gasteiger partial charge in [-0.3, -0.25) is 13.9 Å². The van der Waals surface area contributed by atoms with Gasteiger partial charge in [0.05, 0.1) is 31.9 Å². The van der Waals surface area contributed by atoms with Gasteiger partial charge in [-0.1, -0.05) is 53.0 Å². The lowest BCUT2D eigenvalue weighted by atomic mass is 10.1. The zero-order chi connectivity index (χ0) is 32.4. The number of anilines is 1. The number of nitrogens with one attached hydrogen (secondary N) is 1. The molecule has 10 nitrogen and oxygen atoms in total. The molecule has 1 N–H and O–H groups in total. The number of unbranched alkanes of at least 4 members (excludes halogenated alkanes) is 1. The second-order valence-corrected chi connectivity index (χ2v) is 13.0. The van der Waals surface area contributed by atoms with Crippen molar-refractivity contribution in [2.75, 3.05) is 38.7 Å². The average molecular weight is 711 g/mol. The van der Waals surface area contributed by atoms with Gasteiger partial charge in [0.1, 0.15) is 18.3 Å². The summed E-state index contributed by atoms with van der Waals surface area (Å²) in [5.74, 6) is -0.273. The van der Waals surface area contributed by atoms with Crippen LogP contribution in [0.25, 0.3) is 0 Å². The summed E-state index contributed by atoms with van der Waals surface area (Å²) in [5, 5.41) is 3.10. The molecule has 238 valence electrons. The summed E-state index contributed by atoms with van der Waals surface area (Å²) < 4.78 is 46.4. The van der Waals surface area contributed by atoms with Gasteiger partial charge in [-0.15, -0.1) is 0 Å². The number of ether oxygens (including phenoxy) is 3. The molecule has 0 aliphatic carbocycles. The van der Waals surface area contributed by atoms with Crippen molar-refractivity contribution in [2.45, 2.75) is 44.2 Å². The van der Waals surface area contributed by atoms with Crippen LogP contribution in [0.5, 0.6) is 17.2 Å². The number of sulfonamides is 1. The molecular formula is C31H37BrClN3O7S. The zero-order valence-corrected chi connectivity index (χ0v) is 28.5. The molecule has 3 aromatic carbocycles. The van der Waals surface area contributed by atoms with E-state index in [-0.39, 0.29) is 39.6 Å². The van der Waals surface area contributed by atoms with Gasteiger partial charge >= 0.3 is 0 Å². The number of benzene rings is 3. The van der Waals surface area contributed by atoms with Crippen molar-refractivity contribution in [3.63, 3.8) is 0 Å². The van der Waals surface area contributed by atoms with E-state index < -0.39 is 28.5 Å². The van der Waals surface area contributed by atoms with Crippen molar-refractivity contribution in [3.8, 4) is 17.2 Å². The Hall–Kier alpha value is -3.48. The van der Waals surface area contributed by atoms with Crippen LogP contribution in [0.15, 0.2) is 70.0 Å². The fourth-order valence-electron chi connectivity index (χ4n) is 4.43. The number of hydrogen-bond donors (Lipinski definition) is 1. The van der Waals surface area contributed by atoms with Gasteiger partial charge in [-0.05, 0) is 61.4 Å². The first-order valence-electron chi connectivity index (χ1n) is 13.9. The molecule has 0 spiro atoms. The Morgan fingerprint density at radius 1 is 0.955 bits per heavy atom. The monoisotopic (exact) mass is 709 g/mol. The van der Waals surface area contributed by atoms with E-state index in [1.54, 1.807) is 13.0 Å². The summed E-state index contributed by atoms with van der Waals surface area (Å²) >= 11 is 9.76. The number of carbonyl (C=O) groups excluding carboxylic acids is 2. The first kappa shape index (κ1) is 35.0. The summed E-state index contributed by atoms with van der Waals surface area (Å²) in [6, 6.07) is 15.0. The lowest BCUT2D eigenvalue weighted by Crippen LogP contribution is -2.51. The normalized spacial score (nSPS) is 11.8. The summed E-state index contributed by atoms with van der Waals surface area (Å²) in [6.07, 6.45) is 1.67. The summed E-state index contributed by atoms with van der Waals surface area (Å²) in [6.45, 7) is 3.48. The van der Waals surface area contributed by atoms with Crippen molar-refractivity contribution in [1.82, 2.24) is 10.2 Å². The third-order valence-electron chi connectivity index (χ3n) is 6.87. The maximum absolute atomic E-state index is 14.3. The second kappa shape index (κ2) is 16.0. The lowest BCUT2D eigenvalue weighted by molar-refractivity contribution is -0.139. The van der Waals surface area contributed by atoms with Crippen LogP contribution in [0.4, 0.5) is 5.69 Å². The maximum atomic E-state index is 14.3. The zero-order valence-electron chi connectivity index (χ0n) is 25.3. The first-order valence-corrected chi connectivity index (χ1v) is 16.5. The Bertz CT molecular complexity index is 1570. The van der Waals surface area contributed by atoms with Gasteiger partial charge in [-0.2, -0.15) is 0 Å². The molecule has 0 heterocycles. The third-order valence-corrected chi connectivity index (χ3v) is 9.35. The molecule has 0 aliphatic heterocycles. The number of halogens is 2. The molecule has 1 atom stereocenters. The van der Waals surface area contributed by atoms with Crippen LogP contribution in [0.2, 0.25) is 5.02 Å². The van der Waals surface area contributed by atoms with Crippen LogP contribution in [0.1, 0.15) is 32.3 Å². The van der Waals surface area contributed by atoms with Crippen LogP contribution >= 0.6 is 27.5 Å². The van der Waals surface area contributed by atoms with Gasteiger partial charge in [0.2, 0.25) is 11.8 Å². The minimum atomic E-state index is -4.43. The van der Waals surface area contributed by atoms with Crippen molar-refractivity contribution < 1.29 is 32.2 Å². The highest BCUT2D eigenvalue weighted by Crippen LogP contribution is 2.37. The van der Waals surface area contributed by atoms with Crippen molar-refractivity contribution in [1.29, 1.82) is 0 Å². The molecule has 3 aromatic rings. The fraction of sp³-hybridized carbons (Fsp3) is 0.355. The number of methoxy groups -OCH3 is 3. The molecule has 0 aromatic heterocycles. The van der Waals surface area contributed by atoms with Crippen molar-refractivity contribution in [2.24, 2.45) is 0 Å². The van der Waals surface area contributed by atoms with Gasteiger partial charge in [0, 0.05) is 28.7 Å². The van der Waals surface area contributed by atoms with E-state index in [0.29, 0.717) is 12.3 Å². The van der Waals surface area contributed by atoms with E-state index in [1.165, 1.54) is 56.6 Å². The van der Waals surface area contributed by atoms with E-state index in [9.17, 15) is 18.0 Å². The van der Waals surface area contributed by atoms with Crippen molar-refractivity contribution >= 4 is 55.1 Å². The largest absolute Gasteiger partial charge is 0.495 e. The molecule has 0 fully saturated rings. The van der Waals surface area contributed by atoms with Crippen LogP contribution in [-0.2, 0) is 26.2 Å². The van der Waals surface area contributed by atoms with E-state index >= 15 is 0 Å². The summed E-state index contributed by atoms with van der Waals surface area (Å²) in [4.78, 5) is 28.5. The topological polar surface area (TPSA) is 114 Å². The quantitative estimate of drug-likeness (QED) is 0.203. The fourth-order valence-corrected chi connectivity index (χ4v) is 6.47. The molecule has 0 radical (unpaired) electrons. The number of nitrogens with zero attached hydrogens (tertiary/aromatic N) is 2. The molecule has 0 saturated heterocycles. The Balaban J connectivity index is 2.12. The molecule has 2 amide bonds. The van der Waals surface area contributed by atoms with E-state index in [4.69, 9.17) is 25.8 Å². The molecule has 0 aliphatic rings. The summed E-state index contributed by atoms with van der Waals surface area (Å²) in [7, 11) is -0.213. The number of amides is 2. The minimum Gasteiger partial charge on any atom is -0.495 e. The second-order valence-electron chi connectivity index (χ2n) is 9.82. The molecular weight excluding hydrogens is 674 g/mol. The number of rotatable bonds is 15. The lowest BCUT2D eigenvalue weighted by Gasteiger charge is -2.32. The average Bonchev–Trinajstić information content (AvgIpc) is 3.01. The highest BCUT2D eigenvalue weighted by Gasteiger charge is 2.34. The van der Waals surface area contributed by atoms with Gasteiger partial charge in [0.15, 0.2) is 11.5 Å².